The molecule has 1 atom stereocenters. The van der Waals surface area contributed by atoms with Gasteiger partial charge in [0.05, 0.1) is 4.88 Å². The number of fused-ring (bicyclic) bond motifs is 1. The lowest BCUT2D eigenvalue weighted by atomic mass is 10.1. The molecule has 9 heteroatoms. The molecular weight excluding hydrogens is 416 g/mol. The third-order valence-corrected chi connectivity index (χ3v) is 5.50. The van der Waals surface area contributed by atoms with Crippen molar-refractivity contribution in [2.75, 3.05) is 19.7 Å². The molecule has 0 spiro atoms. The molecular formula is C22H24N4O4S. The van der Waals surface area contributed by atoms with E-state index in [-0.39, 0.29) is 24.9 Å². The molecule has 0 fully saturated rings. The molecule has 0 aliphatic rings. The van der Waals surface area contributed by atoms with Gasteiger partial charge in [0.25, 0.3) is 0 Å². The number of benzene rings is 2. The van der Waals surface area contributed by atoms with Gasteiger partial charge in [0.1, 0.15) is 18.2 Å². The molecule has 0 saturated heterocycles. The number of rotatable bonds is 9. The summed E-state index contributed by atoms with van der Waals surface area (Å²) in [6.45, 7) is 1.99. The van der Waals surface area contributed by atoms with Crippen molar-refractivity contribution in [2.45, 2.75) is 13.0 Å². The van der Waals surface area contributed by atoms with Crippen molar-refractivity contribution in [2.24, 2.45) is 5.73 Å². The van der Waals surface area contributed by atoms with Crippen LogP contribution in [0, 0.1) is 5.41 Å². The zero-order valence-electron chi connectivity index (χ0n) is 17.0. The molecule has 5 N–H and O–H groups in total. The van der Waals surface area contributed by atoms with E-state index in [9.17, 15) is 9.59 Å². The third-order valence-electron chi connectivity index (χ3n) is 4.36. The number of nitrogens with one attached hydrogen (secondary N) is 3. The summed E-state index contributed by atoms with van der Waals surface area (Å²) in [5, 5.41) is 13.7. The number of thiophene rings is 1. The Bertz CT molecular complexity index is 1070. The minimum Gasteiger partial charge on any atom is -0.481 e. The van der Waals surface area contributed by atoms with Crippen LogP contribution in [0.1, 0.15) is 23.5 Å². The number of ether oxygens (including phenoxy) is 2. The van der Waals surface area contributed by atoms with E-state index in [1.54, 1.807) is 0 Å². The van der Waals surface area contributed by atoms with E-state index in [1.165, 1.54) is 18.3 Å². The average molecular weight is 441 g/mol. The number of carbonyl (C=O) groups excluding carboxylic acids is 2. The highest BCUT2D eigenvalue weighted by atomic mass is 32.1. The maximum Gasteiger partial charge on any atom is 0.407 e. The molecule has 162 valence electrons. The molecule has 8 nitrogen and oxygen atoms in total. The molecule has 31 heavy (non-hydrogen) atoms. The zero-order chi connectivity index (χ0) is 22.2. The highest BCUT2D eigenvalue weighted by molar-refractivity contribution is 7.20. The third kappa shape index (κ3) is 6.19. The van der Waals surface area contributed by atoms with Gasteiger partial charge in [-0.15, -0.1) is 11.3 Å². The number of amidine groups is 1. The Morgan fingerprint density at radius 1 is 1.10 bits per heavy atom. The summed E-state index contributed by atoms with van der Waals surface area (Å²) in [5.74, 6) is 0.457. The number of alkyl carbamates (subject to hydrolysis) is 1. The van der Waals surface area contributed by atoms with Crippen molar-refractivity contribution < 1.29 is 19.1 Å². The molecule has 0 bridgehead atoms. The molecule has 0 aliphatic heterocycles. The van der Waals surface area contributed by atoms with E-state index in [0.29, 0.717) is 17.2 Å². The first-order valence-corrected chi connectivity index (χ1v) is 10.5. The first kappa shape index (κ1) is 22.1. The maximum atomic E-state index is 12.0. The van der Waals surface area contributed by atoms with Crippen molar-refractivity contribution in [1.29, 1.82) is 5.41 Å². The molecule has 2 aromatic carbocycles. The Morgan fingerprint density at radius 2 is 1.84 bits per heavy atom. The van der Waals surface area contributed by atoms with E-state index < -0.39 is 12.2 Å². The van der Waals surface area contributed by atoms with Crippen LogP contribution >= 0.6 is 11.3 Å². The van der Waals surface area contributed by atoms with E-state index in [2.05, 4.69) is 10.6 Å². The zero-order valence-corrected chi connectivity index (χ0v) is 17.8. The second-order valence-corrected chi connectivity index (χ2v) is 7.80. The smallest absolute Gasteiger partial charge is 0.407 e. The lowest BCUT2D eigenvalue weighted by Crippen LogP contribution is -2.34. The Morgan fingerprint density at radius 3 is 2.55 bits per heavy atom. The molecule has 0 aliphatic carbocycles. The van der Waals surface area contributed by atoms with Crippen LogP contribution < -0.4 is 21.1 Å². The minimum atomic E-state index is -0.595. The van der Waals surface area contributed by atoms with Crippen molar-refractivity contribution in [3.8, 4) is 5.75 Å². The Labute approximate surface area is 183 Å². The summed E-state index contributed by atoms with van der Waals surface area (Å²) in [6.07, 6.45) is -1.13. The molecule has 0 radical (unpaired) electrons. The predicted molar refractivity (Wildman–Crippen MR) is 121 cm³/mol. The Hall–Kier alpha value is -3.59. The topological polar surface area (TPSA) is 127 Å². The van der Waals surface area contributed by atoms with Gasteiger partial charge in [0.15, 0.2) is 6.10 Å². The van der Waals surface area contributed by atoms with Crippen LogP contribution in [0.25, 0.3) is 10.1 Å². The minimum absolute atomic E-state index is 0.00390. The van der Waals surface area contributed by atoms with E-state index >= 15 is 0 Å². The van der Waals surface area contributed by atoms with Crippen molar-refractivity contribution >= 4 is 39.3 Å². The predicted octanol–water partition coefficient (Wildman–Crippen LogP) is 3.17. The lowest BCUT2D eigenvalue weighted by Gasteiger charge is -2.20. The monoisotopic (exact) mass is 440 g/mol. The number of nitrogens with two attached hydrogens (primary N) is 1. The van der Waals surface area contributed by atoms with Crippen LogP contribution in [0.15, 0.2) is 54.6 Å². The fourth-order valence-corrected chi connectivity index (χ4v) is 3.83. The van der Waals surface area contributed by atoms with Gasteiger partial charge < -0.3 is 25.8 Å². The Kier molecular flexibility index (Phi) is 7.45. The second-order valence-electron chi connectivity index (χ2n) is 6.72. The van der Waals surface area contributed by atoms with Gasteiger partial charge in [0, 0.05) is 30.1 Å². The standard InChI is InChI=1S/C22H24N4O4S/c1-14(27)25-10-11-26-22(28)29-13-18(15-6-3-2-4-7-15)30-17-8-5-9-19-16(17)12-20(31-19)21(23)24/h2-9,12,18H,10-11,13H2,1H3,(H3,23,24)(H,25,27)(H,26,28). The summed E-state index contributed by atoms with van der Waals surface area (Å²) in [7, 11) is 0. The van der Waals surface area contributed by atoms with Crippen LogP contribution in [0.3, 0.4) is 0 Å². The van der Waals surface area contributed by atoms with Gasteiger partial charge in [-0.1, -0.05) is 36.4 Å². The second kappa shape index (κ2) is 10.4. The average Bonchev–Trinajstić information content (AvgIpc) is 3.20. The van der Waals surface area contributed by atoms with Gasteiger partial charge in [-0.2, -0.15) is 0 Å². The van der Waals surface area contributed by atoms with Crippen LogP contribution in [0.5, 0.6) is 5.75 Å². The van der Waals surface area contributed by atoms with Gasteiger partial charge in [-0.25, -0.2) is 4.79 Å². The van der Waals surface area contributed by atoms with E-state index in [4.69, 9.17) is 20.6 Å². The summed E-state index contributed by atoms with van der Waals surface area (Å²) in [5.41, 5.74) is 6.49. The number of hydrogen-bond acceptors (Lipinski definition) is 6. The number of hydrogen-bond donors (Lipinski definition) is 4. The quantitative estimate of drug-likeness (QED) is 0.231. The number of amides is 2. The van der Waals surface area contributed by atoms with Gasteiger partial charge in [-0.05, 0) is 23.8 Å². The largest absolute Gasteiger partial charge is 0.481 e. The van der Waals surface area contributed by atoms with Crippen LogP contribution in [0.4, 0.5) is 4.79 Å². The fraction of sp³-hybridized carbons (Fsp3) is 0.227. The van der Waals surface area contributed by atoms with Gasteiger partial charge in [-0.3, -0.25) is 10.2 Å². The first-order valence-electron chi connectivity index (χ1n) is 9.67. The molecule has 2 amide bonds. The summed E-state index contributed by atoms with van der Waals surface area (Å²) < 4.78 is 12.6. The van der Waals surface area contributed by atoms with Crippen molar-refractivity contribution in [3.63, 3.8) is 0 Å². The summed E-state index contributed by atoms with van der Waals surface area (Å²) in [4.78, 5) is 23.6. The van der Waals surface area contributed by atoms with E-state index in [1.807, 2.05) is 54.6 Å². The summed E-state index contributed by atoms with van der Waals surface area (Å²) in [6, 6.07) is 16.9. The number of carbonyl (C=O) groups is 2. The first-order chi connectivity index (χ1) is 14.9. The molecule has 0 saturated carbocycles. The van der Waals surface area contributed by atoms with Crippen LogP contribution in [-0.4, -0.2) is 37.5 Å². The molecule has 1 unspecified atom stereocenters. The van der Waals surface area contributed by atoms with Crippen molar-refractivity contribution in [1.82, 2.24) is 10.6 Å². The van der Waals surface area contributed by atoms with E-state index in [0.717, 1.165) is 15.6 Å². The van der Waals surface area contributed by atoms with Crippen molar-refractivity contribution in [3.05, 3.63) is 65.0 Å². The maximum absolute atomic E-state index is 12.0. The highest BCUT2D eigenvalue weighted by Crippen LogP contribution is 2.35. The number of nitrogen functional groups attached to an aromatic ring is 1. The molecule has 3 aromatic rings. The van der Waals surface area contributed by atoms with Gasteiger partial charge in [0.2, 0.25) is 5.91 Å². The normalized spacial score (nSPS) is 11.5. The van der Waals surface area contributed by atoms with Gasteiger partial charge >= 0.3 is 6.09 Å². The fourth-order valence-electron chi connectivity index (χ4n) is 2.89. The summed E-state index contributed by atoms with van der Waals surface area (Å²) >= 11 is 1.42. The SMILES string of the molecule is CC(=O)NCCNC(=O)OCC(Oc1cccc2sc(C(=N)N)cc12)c1ccccc1. The highest BCUT2D eigenvalue weighted by Gasteiger charge is 2.18. The molecule has 3 rings (SSSR count). The lowest BCUT2D eigenvalue weighted by molar-refractivity contribution is -0.118. The Balaban J connectivity index is 1.72. The molecule has 1 aromatic heterocycles. The van der Waals surface area contributed by atoms with Crippen LogP contribution in [0.2, 0.25) is 0 Å². The molecule has 1 heterocycles. The van der Waals surface area contributed by atoms with Crippen LogP contribution in [-0.2, 0) is 9.53 Å².